The van der Waals surface area contributed by atoms with Gasteiger partial charge < -0.3 is 10.8 Å². The molecule has 1 saturated carbocycles. The van der Waals surface area contributed by atoms with E-state index in [0.717, 1.165) is 26.8 Å². The Morgan fingerprint density at radius 3 is 2.60 bits per heavy atom. The Morgan fingerprint density at radius 1 is 1.40 bits per heavy atom. The van der Waals surface area contributed by atoms with E-state index in [4.69, 9.17) is 5.73 Å². The fourth-order valence-electron chi connectivity index (χ4n) is 1.77. The van der Waals surface area contributed by atoms with Crippen LogP contribution < -0.4 is 5.73 Å². The first kappa shape index (κ1) is 11.4. The average molecular weight is 335 g/mol. The maximum atomic E-state index is 9.84. The van der Waals surface area contributed by atoms with E-state index in [1.165, 1.54) is 12.8 Å². The highest BCUT2D eigenvalue weighted by Crippen LogP contribution is 2.41. The average Bonchev–Trinajstić information content (AvgIpc) is 2.85. The molecule has 2 rings (SSSR count). The highest BCUT2D eigenvalue weighted by atomic mass is 79.9. The number of phenols is 1. The van der Waals surface area contributed by atoms with Crippen molar-refractivity contribution in [2.45, 2.75) is 25.3 Å². The molecule has 0 amide bonds. The van der Waals surface area contributed by atoms with Crippen LogP contribution in [0.5, 0.6) is 5.75 Å². The second-order valence-electron chi connectivity index (χ2n) is 4.11. The lowest BCUT2D eigenvalue weighted by molar-refractivity contribution is 0.454. The molecule has 4 heteroatoms. The van der Waals surface area contributed by atoms with Gasteiger partial charge in [-0.3, -0.25) is 0 Å². The zero-order valence-corrected chi connectivity index (χ0v) is 11.4. The van der Waals surface area contributed by atoms with Gasteiger partial charge in [-0.15, -0.1) is 0 Å². The molecule has 0 spiro atoms. The molecule has 1 atom stereocenters. The number of hydrogen-bond acceptors (Lipinski definition) is 2. The lowest BCUT2D eigenvalue weighted by atomic mass is 10.0. The summed E-state index contributed by atoms with van der Waals surface area (Å²) >= 11 is 6.77. The van der Waals surface area contributed by atoms with Gasteiger partial charge in [0.05, 0.1) is 0 Å². The van der Waals surface area contributed by atoms with Gasteiger partial charge in [-0.1, -0.05) is 44.7 Å². The topological polar surface area (TPSA) is 46.2 Å². The quantitative estimate of drug-likeness (QED) is 0.885. The molecule has 0 heterocycles. The van der Waals surface area contributed by atoms with Crippen molar-refractivity contribution in [3.8, 4) is 5.75 Å². The first-order valence-electron chi connectivity index (χ1n) is 5.01. The summed E-state index contributed by atoms with van der Waals surface area (Å²) in [6.45, 7) is 0. The second kappa shape index (κ2) is 4.44. The van der Waals surface area contributed by atoms with Crippen molar-refractivity contribution < 1.29 is 5.11 Å². The van der Waals surface area contributed by atoms with Gasteiger partial charge in [0.2, 0.25) is 0 Å². The molecule has 3 N–H and O–H groups in total. The Kier molecular flexibility index (Phi) is 3.38. The van der Waals surface area contributed by atoms with E-state index in [-0.39, 0.29) is 11.8 Å². The summed E-state index contributed by atoms with van der Waals surface area (Å²) in [4.78, 5) is 0. The normalized spacial score (nSPS) is 17.8. The Hall–Kier alpha value is -0.0600. The zero-order valence-electron chi connectivity index (χ0n) is 8.21. The van der Waals surface area contributed by atoms with Crippen molar-refractivity contribution in [1.29, 1.82) is 0 Å². The molecule has 2 nitrogen and oxygen atoms in total. The molecule has 15 heavy (non-hydrogen) atoms. The van der Waals surface area contributed by atoms with Crippen molar-refractivity contribution in [3.05, 3.63) is 26.6 Å². The van der Waals surface area contributed by atoms with Crippen LogP contribution in [0.15, 0.2) is 21.1 Å². The molecule has 1 aromatic rings. The van der Waals surface area contributed by atoms with Crippen molar-refractivity contribution in [2.75, 3.05) is 0 Å². The van der Waals surface area contributed by atoms with E-state index >= 15 is 0 Å². The fraction of sp³-hybridized carbons (Fsp3) is 0.455. The third-order valence-corrected chi connectivity index (χ3v) is 3.84. The van der Waals surface area contributed by atoms with E-state index in [1.807, 2.05) is 6.07 Å². The van der Waals surface area contributed by atoms with Crippen LogP contribution >= 0.6 is 31.9 Å². The van der Waals surface area contributed by atoms with Gasteiger partial charge in [-0.05, 0) is 24.5 Å². The molecule has 1 fully saturated rings. The molecule has 0 bridgehead atoms. The minimum Gasteiger partial charge on any atom is -0.508 e. The molecule has 0 radical (unpaired) electrons. The van der Waals surface area contributed by atoms with E-state index in [9.17, 15) is 5.11 Å². The number of nitrogens with two attached hydrogens (primary N) is 1. The largest absolute Gasteiger partial charge is 0.508 e. The van der Waals surface area contributed by atoms with Gasteiger partial charge >= 0.3 is 0 Å². The van der Waals surface area contributed by atoms with E-state index in [1.54, 1.807) is 6.07 Å². The van der Waals surface area contributed by atoms with E-state index in [0.29, 0.717) is 0 Å². The van der Waals surface area contributed by atoms with Crippen LogP contribution in [0.1, 0.15) is 30.9 Å². The molecule has 0 unspecified atom stereocenters. The summed E-state index contributed by atoms with van der Waals surface area (Å²) < 4.78 is 1.73. The SMILES string of the molecule is N[C@H](CC1CC1)c1c(O)cc(Br)cc1Br. The van der Waals surface area contributed by atoms with Crippen LogP contribution in [0.3, 0.4) is 0 Å². The van der Waals surface area contributed by atoms with Crippen LogP contribution in [-0.4, -0.2) is 5.11 Å². The standard InChI is InChI=1S/C11H13Br2NO/c12-7-4-8(13)11(10(15)5-7)9(14)3-6-1-2-6/h4-6,9,15H,1-3,14H2/t9-/m1/s1. The van der Waals surface area contributed by atoms with Crippen molar-refractivity contribution in [1.82, 2.24) is 0 Å². The van der Waals surface area contributed by atoms with Gasteiger partial charge in [-0.25, -0.2) is 0 Å². The van der Waals surface area contributed by atoms with Crippen LogP contribution in [0.25, 0.3) is 0 Å². The number of aromatic hydroxyl groups is 1. The Labute approximate surface area is 106 Å². The highest BCUT2D eigenvalue weighted by Gasteiger charge is 2.26. The zero-order chi connectivity index (χ0) is 11.0. The molecular formula is C11H13Br2NO. The molecule has 1 aliphatic carbocycles. The number of hydrogen-bond donors (Lipinski definition) is 2. The molecule has 0 saturated heterocycles. The van der Waals surface area contributed by atoms with Gasteiger partial charge in [0.15, 0.2) is 0 Å². The summed E-state index contributed by atoms with van der Waals surface area (Å²) in [5, 5.41) is 9.84. The van der Waals surface area contributed by atoms with Crippen LogP contribution in [0, 0.1) is 5.92 Å². The van der Waals surface area contributed by atoms with E-state index < -0.39 is 0 Å². The summed E-state index contributed by atoms with van der Waals surface area (Å²) in [6.07, 6.45) is 3.53. The minimum atomic E-state index is -0.0695. The van der Waals surface area contributed by atoms with Crippen molar-refractivity contribution >= 4 is 31.9 Å². The number of halogens is 2. The lowest BCUT2D eigenvalue weighted by Gasteiger charge is -2.15. The highest BCUT2D eigenvalue weighted by molar-refractivity contribution is 9.11. The summed E-state index contributed by atoms with van der Waals surface area (Å²) in [5.74, 6) is 1.03. The summed E-state index contributed by atoms with van der Waals surface area (Å²) in [5.41, 5.74) is 6.91. The second-order valence-corrected chi connectivity index (χ2v) is 5.88. The maximum absolute atomic E-state index is 9.84. The predicted molar refractivity (Wildman–Crippen MR) is 67.8 cm³/mol. The fourth-order valence-corrected chi connectivity index (χ4v) is 3.27. The van der Waals surface area contributed by atoms with Crippen molar-refractivity contribution in [2.24, 2.45) is 11.7 Å². The lowest BCUT2D eigenvalue weighted by Crippen LogP contribution is -2.12. The first-order chi connectivity index (χ1) is 7.08. The number of benzene rings is 1. The Morgan fingerprint density at radius 2 is 2.07 bits per heavy atom. The molecule has 0 aliphatic heterocycles. The molecule has 1 aliphatic rings. The summed E-state index contributed by atoms with van der Waals surface area (Å²) in [6, 6.07) is 3.54. The molecule has 0 aromatic heterocycles. The van der Waals surface area contributed by atoms with Gasteiger partial charge in [0.1, 0.15) is 5.75 Å². The maximum Gasteiger partial charge on any atom is 0.122 e. The Bertz CT molecular complexity index is 354. The monoisotopic (exact) mass is 333 g/mol. The minimum absolute atomic E-state index is 0.0695. The molecular weight excluding hydrogens is 322 g/mol. The van der Waals surface area contributed by atoms with Gasteiger partial charge in [0.25, 0.3) is 0 Å². The third-order valence-electron chi connectivity index (χ3n) is 2.73. The summed E-state index contributed by atoms with van der Waals surface area (Å²) in [7, 11) is 0. The van der Waals surface area contributed by atoms with Gasteiger partial charge in [-0.2, -0.15) is 0 Å². The molecule has 82 valence electrons. The number of rotatable bonds is 3. The third kappa shape index (κ3) is 2.74. The molecule has 1 aromatic carbocycles. The van der Waals surface area contributed by atoms with Crippen LogP contribution in [0.2, 0.25) is 0 Å². The Balaban J connectivity index is 2.24. The van der Waals surface area contributed by atoms with Gasteiger partial charge in [0, 0.05) is 20.6 Å². The predicted octanol–water partition coefficient (Wildman–Crippen LogP) is 3.72. The smallest absolute Gasteiger partial charge is 0.122 e. The first-order valence-corrected chi connectivity index (χ1v) is 6.60. The number of phenolic OH excluding ortho intramolecular Hbond substituents is 1. The van der Waals surface area contributed by atoms with Crippen molar-refractivity contribution in [3.63, 3.8) is 0 Å². The van der Waals surface area contributed by atoms with E-state index in [2.05, 4.69) is 31.9 Å². The van der Waals surface area contributed by atoms with Crippen LogP contribution in [-0.2, 0) is 0 Å². The van der Waals surface area contributed by atoms with Crippen LogP contribution in [0.4, 0.5) is 0 Å².